The van der Waals surface area contributed by atoms with Crippen molar-refractivity contribution in [3.8, 4) is 11.5 Å². The first kappa shape index (κ1) is 25.0. The second-order valence-corrected chi connectivity index (χ2v) is 7.96. The van der Waals surface area contributed by atoms with Crippen molar-refractivity contribution in [2.45, 2.75) is 32.3 Å². The van der Waals surface area contributed by atoms with E-state index < -0.39 is 6.10 Å². The number of hydrogen-bond acceptors (Lipinski definition) is 5. The molecule has 2 aliphatic rings. The van der Waals surface area contributed by atoms with E-state index in [-0.39, 0.29) is 24.0 Å². The molecule has 0 saturated carbocycles. The van der Waals surface area contributed by atoms with Gasteiger partial charge in [-0.05, 0) is 62.9 Å². The fourth-order valence-corrected chi connectivity index (χ4v) is 4.23. The molecule has 7 nitrogen and oxygen atoms in total. The van der Waals surface area contributed by atoms with Crippen molar-refractivity contribution in [1.29, 1.82) is 0 Å². The number of aliphatic hydroxyl groups is 1. The quantitative estimate of drug-likeness (QED) is 0.305. The van der Waals surface area contributed by atoms with Gasteiger partial charge in [0.1, 0.15) is 11.5 Å². The van der Waals surface area contributed by atoms with Crippen molar-refractivity contribution in [3.63, 3.8) is 0 Å². The molecule has 3 rings (SSSR count). The molecule has 2 aliphatic heterocycles. The van der Waals surface area contributed by atoms with E-state index in [4.69, 9.17) is 14.5 Å². The zero-order chi connectivity index (χ0) is 20.6. The number of guanidine groups is 1. The molecule has 2 unspecified atom stereocenters. The summed E-state index contributed by atoms with van der Waals surface area (Å²) in [5.41, 5.74) is 0.745. The SMILES string of the molecule is CCNC(=NCC(O)c1cc(OC)cc(OC)c1)N1CCC(CN2CCCC2)C1.I. The van der Waals surface area contributed by atoms with Crippen molar-refractivity contribution in [3.05, 3.63) is 23.8 Å². The molecule has 0 radical (unpaired) electrons. The molecule has 2 heterocycles. The van der Waals surface area contributed by atoms with Crippen LogP contribution in [-0.4, -0.2) is 80.9 Å². The van der Waals surface area contributed by atoms with Crippen molar-refractivity contribution < 1.29 is 14.6 Å². The fourth-order valence-electron chi connectivity index (χ4n) is 4.23. The third-order valence-electron chi connectivity index (χ3n) is 5.81. The van der Waals surface area contributed by atoms with Gasteiger partial charge in [0.25, 0.3) is 0 Å². The zero-order valence-corrected chi connectivity index (χ0v) is 20.8. The van der Waals surface area contributed by atoms with Gasteiger partial charge in [-0.15, -0.1) is 24.0 Å². The Morgan fingerprint density at radius 3 is 2.43 bits per heavy atom. The highest BCUT2D eigenvalue weighted by Crippen LogP contribution is 2.27. The molecule has 2 N–H and O–H groups in total. The molecule has 2 saturated heterocycles. The number of methoxy groups -OCH3 is 2. The van der Waals surface area contributed by atoms with Crippen LogP contribution in [0.25, 0.3) is 0 Å². The van der Waals surface area contributed by atoms with E-state index in [0.29, 0.717) is 24.0 Å². The van der Waals surface area contributed by atoms with E-state index in [9.17, 15) is 5.11 Å². The van der Waals surface area contributed by atoms with Gasteiger partial charge in [-0.2, -0.15) is 0 Å². The van der Waals surface area contributed by atoms with E-state index in [1.54, 1.807) is 20.3 Å². The van der Waals surface area contributed by atoms with Gasteiger partial charge in [0.05, 0.1) is 26.9 Å². The Kier molecular flexibility index (Phi) is 10.5. The second-order valence-electron chi connectivity index (χ2n) is 7.96. The number of ether oxygens (including phenoxy) is 2. The lowest BCUT2D eigenvalue weighted by Crippen LogP contribution is -2.41. The number of nitrogens with zero attached hydrogens (tertiary/aromatic N) is 3. The number of aliphatic hydroxyl groups excluding tert-OH is 1. The average Bonchev–Trinajstić information content (AvgIpc) is 3.43. The van der Waals surface area contributed by atoms with Gasteiger partial charge in [-0.25, -0.2) is 0 Å². The summed E-state index contributed by atoms with van der Waals surface area (Å²) in [6, 6.07) is 5.46. The van der Waals surface area contributed by atoms with Crippen LogP contribution in [0.3, 0.4) is 0 Å². The number of nitrogens with one attached hydrogen (secondary N) is 1. The molecule has 8 heteroatoms. The fraction of sp³-hybridized carbons (Fsp3) is 0.682. The normalized spacial score (nSPS) is 20.7. The molecule has 0 spiro atoms. The molecular formula is C22H37IN4O3. The Balaban J connectivity index is 0.00000320. The molecule has 2 atom stereocenters. The van der Waals surface area contributed by atoms with E-state index in [1.165, 1.54) is 38.9 Å². The predicted octanol–water partition coefficient (Wildman–Crippen LogP) is 2.74. The van der Waals surface area contributed by atoms with E-state index >= 15 is 0 Å². The predicted molar refractivity (Wildman–Crippen MR) is 131 cm³/mol. The van der Waals surface area contributed by atoms with Gasteiger partial charge in [0.2, 0.25) is 0 Å². The number of hydrogen-bond donors (Lipinski definition) is 2. The number of likely N-dealkylation sites (tertiary alicyclic amines) is 2. The third kappa shape index (κ3) is 6.88. The first-order chi connectivity index (χ1) is 14.1. The molecule has 2 fully saturated rings. The Morgan fingerprint density at radius 1 is 1.17 bits per heavy atom. The number of benzene rings is 1. The van der Waals surface area contributed by atoms with Crippen LogP contribution in [-0.2, 0) is 0 Å². The molecular weight excluding hydrogens is 495 g/mol. The second kappa shape index (κ2) is 12.6. The maximum absolute atomic E-state index is 10.7. The number of halogens is 1. The topological polar surface area (TPSA) is 69.6 Å². The van der Waals surface area contributed by atoms with Crippen LogP contribution in [0.1, 0.15) is 37.9 Å². The van der Waals surface area contributed by atoms with Crippen molar-refractivity contribution in [1.82, 2.24) is 15.1 Å². The number of rotatable bonds is 8. The Labute approximate surface area is 197 Å². The molecule has 30 heavy (non-hydrogen) atoms. The van der Waals surface area contributed by atoms with Crippen molar-refractivity contribution >= 4 is 29.9 Å². The third-order valence-corrected chi connectivity index (χ3v) is 5.81. The minimum Gasteiger partial charge on any atom is -0.497 e. The highest BCUT2D eigenvalue weighted by atomic mass is 127. The number of aliphatic imine (C=N–C) groups is 1. The summed E-state index contributed by atoms with van der Waals surface area (Å²) in [5, 5.41) is 14.1. The van der Waals surface area contributed by atoms with Crippen LogP contribution in [0.5, 0.6) is 11.5 Å². The summed E-state index contributed by atoms with van der Waals surface area (Å²) in [7, 11) is 3.22. The Morgan fingerprint density at radius 2 is 1.83 bits per heavy atom. The highest BCUT2D eigenvalue weighted by molar-refractivity contribution is 14.0. The van der Waals surface area contributed by atoms with E-state index in [1.807, 2.05) is 12.1 Å². The van der Waals surface area contributed by atoms with Crippen LogP contribution < -0.4 is 14.8 Å². The summed E-state index contributed by atoms with van der Waals surface area (Å²) in [5.74, 6) is 2.92. The Hall–Kier alpha value is -1.26. The average molecular weight is 532 g/mol. The van der Waals surface area contributed by atoms with E-state index in [0.717, 1.165) is 31.2 Å². The van der Waals surface area contributed by atoms with Crippen molar-refractivity contribution in [2.75, 3.05) is 60.0 Å². The van der Waals surface area contributed by atoms with E-state index in [2.05, 4.69) is 22.0 Å². The first-order valence-electron chi connectivity index (χ1n) is 10.8. The maximum Gasteiger partial charge on any atom is 0.194 e. The summed E-state index contributed by atoms with van der Waals surface area (Å²) >= 11 is 0. The first-order valence-corrected chi connectivity index (χ1v) is 10.8. The van der Waals surface area contributed by atoms with Crippen LogP contribution in [0.15, 0.2) is 23.2 Å². The summed E-state index contributed by atoms with van der Waals surface area (Å²) in [6.07, 6.45) is 3.17. The molecule has 0 amide bonds. The summed E-state index contributed by atoms with van der Waals surface area (Å²) in [6.45, 7) is 8.94. The summed E-state index contributed by atoms with van der Waals surface area (Å²) in [4.78, 5) is 9.67. The van der Waals surface area contributed by atoms with Gasteiger partial charge in [-0.1, -0.05) is 0 Å². The lowest BCUT2D eigenvalue weighted by Gasteiger charge is -2.24. The van der Waals surface area contributed by atoms with Gasteiger partial charge >= 0.3 is 0 Å². The van der Waals surface area contributed by atoms with Gasteiger partial charge < -0.3 is 29.7 Å². The monoisotopic (exact) mass is 532 g/mol. The largest absolute Gasteiger partial charge is 0.497 e. The lowest BCUT2D eigenvalue weighted by molar-refractivity contribution is 0.185. The van der Waals surface area contributed by atoms with Crippen LogP contribution >= 0.6 is 24.0 Å². The highest BCUT2D eigenvalue weighted by Gasteiger charge is 2.27. The molecule has 1 aromatic rings. The van der Waals surface area contributed by atoms with Crippen LogP contribution in [0.4, 0.5) is 0 Å². The molecule has 0 aliphatic carbocycles. The minimum absolute atomic E-state index is 0. The maximum atomic E-state index is 10.7. The van der Waals surface area contributed by atoms with Gasteiger partial charge in [0, 0.05) is 32.2 Å². The van der Waals surface area contributed by atoms with Gasteiger partial charge in [-0.3, -0.25) is 4.99 Å². The van der Waals surface area contributed by atoms with Gasteiger partial charge in [0.15, 0.2) is 5.96 Å². The molecule has 1 aromatic carbocycles. The Bertz CT molecular complexity index is 660. The minimum atomic E-state index is -0.712. The lowest BCUT2D eigenvalue weighted by atomic mass is 10.1. The van der Waals surface area contributed by atoms with Crippen molar-refractivity contribution in [2.24, 2.45) is 10.9 Å². The van der Waals surface area contributed by atoms with Crippen LogP contribution in [0, 0.1) is 5.92 Å². The standard InChI is InChI=1S/C22H36N4O3.HI/c1-4-23-22(26-10-7-17(16-26)15-25-8-5-6-9-25)24-14-21(27)18-11-19(28-2)13-20(12-18)29-3;/h11-13,17,21,27H,4-10,14-16H2,1-3H3,(H,23,24);1H. The zero-order valence-electron chi connectivity index (χ0n) is 18.5. The molecule has 170 valence electrons. The molecule has 0 aromatic heterocycles. The molecule has 0 bridgehead atoms. The smallest absolute Gasteiger partial charge is 0.194 e. The summed E-state index contributed by atoms with van der Waals surface area (Å²) < 4.78 is 10.6. The van der Waals surface area contributed by atoms with Crippen LogP contribution in [0.2, 0.25) is 0 Å².